The lowest BCUT2D eigenvalue weighted by molar-refractivity contribution is 0.0650. The quantitative estimate of drug-likeness (QED) is 0.363. The first-order valence-corrected chi connectivity index (χ1v) is 11.2. The molecule has 1 aromatic heterocycles. The van der Waals surface area contributed by atoms with Crippen molar-refractivity contribution in [3.8, 4) is 0 Å². The maximum Gasteiger partial charge on any atom is 0.271 e. The highest BCUT2D eigenvalue weighted by Gasteiger charge is 2.38. The summed E-state index contributed by atoms with van der Waals surface area (Å²) in [6.45, 7) is 1.74. The first-order chi connectivity index (χ1) is 15.5. The van der Waals surface area contributed by atoms with E-state index in [9.17, 15) is 14.4 Å². The Labute approximate surface area is 193 Å². The lowest BCUT2D eigenvalue weighted by Crippen LogP contribution is -2.44. The van der Waals surface area contributed by atoms with E-state index in [1.165, 1.54) is 16.2 Å². The maximum absolute atomic E-state index is 13.7. The van der Waals surface area contributed by atoms with Crippen LogP contribution in [0.4, 0.5) is 5.69 Å². The summed E-state index contributed by atoms with van der Waals surface area (Å²) in [6.07, 6.45) is 0. The number of thiophene rings is 1. The lowest BCUT2D eigenvalue weighted by Gasteiger charge is -2.27. The number of halogens is 1. The van der Waals surface area contributed by atoms with Gasteiger partial charge in [0.1, 0.15) is 11.5 Å². The second-order valence-electron chi connectivity index (χ2n) is 7.54. The Hall–Kier alpha value is -3.48. The van der Waals surface area contributed by atoms with Crippen molar-refractivity contribution in [1.82, 2.24) is 4.90 Å². The Bertz CT molecular complexity index is 1360. The predicted octanol–water partition coefficient (Wildman–Crippen LogP) is 5.76. The molecular formula is C25H17ClN2O3S. The van der Waals surface area contributed by atoms with Crippen LogP contribution in [-0.2, 0) is 0 Å². The van der Waals surface area contributed by atoms with Gasteiger partial charge in [-0.05, 0) is 37.3 Å². The summed E-state index contributed by atoms with van der Waals surface area (Å²) in [5, 5.41) is 1.17. The lowest BCUT2D eigenvalue weighted by atomic mass is 10.1. The number of nitrogens with zero attached hydrogens (tertiary/aromatic N) is 2. The summed E-state index contributed by atoms with van der Waals surface area (Å²) >= 11 is 7.86. The number of carbonyl (C=O) groups excluding carboxylic acids is 3. The molecule has 7 heteroatoms. The Morgan fingerprint density at radius 2 is 1.50 bits per heavy atom. The smallest absolute Gasteiger partial charge is 0.271 e. The minimum Gasteiger partial charge on any atom is -0.289 e. The largest absolute Gasteiger partial charge is 0.289 e. The van der Waals surface area contributed by atoms with Gasteiger partial charge in [0.05, 0.1) is 16.1 Å². The third-order valence-corrected chi connectivity index (χ3v) is 7.14. The van der Waals surface area contributed by atoms with Crippen molar-refractivity contribution in [3.05, 3.63) is 99.4 Å². The van der Waals surface area contributed by atoms with E-state index in [-0.39, 0.29) is 12.6 Å². The summed E-state index contributed by atoms with van der Waals surface area (Å²) in [6, 6.07) is 21.6. The van der Waals surface area contributed by atoms with E-state index in [0.29, 0.717) is 26.7 Å². The molecule has 0 saturated carbocycles. The van der Waals surface area contributed by atoms with E-state index in [0.717, 1.165) is 20.5 Å². The molecule has 0 radical (unpaired) electrons. The zero-order chi connectivity index (χ0) is 22.4. The number of rotatable bonds is 4. The van der Waals surface area contributed by atoms with Gasteiger partial charge < -0.3 is 0 Å². The number of hydrogen-bond donors (Lipinski definition) is 0. The van der Waals surface area contributed by atoms with Crippen LogP contribution in [0.5, 0.6) is 0 Å². The highest BCUT2D eigenvalue weighted by molar-refractivity contribution is 7.21. The van der Waals surface area contributed by atoms with Crippen molar-refractivity contribution in [2.75, 3.05) is 11.6 Å². The van der Waals surface area contributed by atoms with Crippen molar-refractivity contribution in [2.24, 2.45) is 0 Å². The number of imide groups is 1. The minimum atomic E-state index is -0.419. The van der Waals surface area contributed by atoms with E-state index in [1.54, 1.807) is 36.4 Å². The van der Waals surface area contributed by atoms with Crippen molar-refractivity contribution >= 4 is 56.4 Å². The van der Waals surface area contributed by atoms with Crippen LogP contribution in [-0.4, -0.2) is 29.3 Å². The fourth-order valence-corrected chi connectivity index (χ4v) is 5.23. The molecule has 1 aliphatic heterocycles. The van der Waals surface area contributed by atoms with Gasteiger partial charge in [-0.2, -0.15) is 0 Å². The standard InChI is InChI=1S/C25H17ClN2O3S/c1-15-10-12-16(13-11-15)27(14-28-23(29)17-6-2-3-7-18(17)24(28)30)25(31)22-21(26)19-8-4-5-9-20(19)32-22/h2-13H,14H2,1H3. The van der Waals surface area contributed by atoms with Gasteiger partial charge in [-0.3, -0.25) is 24.2 Å². The van der Waals surface area contributed by atoms with Crippen LogP contribution in [0.1, 0.15) is 36.0 Å². The average molecular weight is 461 g/mol. The Balaban J connectivity index is 1.56. The molecule has 0 fully saturated rings. The van der Waals surface area contributed by atoms with Gasteiger partial charge in [0.25, 0.3) is 17.7 Å². The highest BCUT2D eigenvalue weighted by atomic mass is 35.5. The van der Waals surface area contributed by atoms with Crippen LogP contribution in [0, 0.1) is 6.92 Å². The second-order valence-corrected chi connectivity index (χ2v) is 8.97. The topological polar surface area (TPSA) is 57.7 Å². The number of benzene rings is 3. The summed E-state index contributed by atoms with van der Waals surface area (Å²) in [7, 11) is 0. The van der Waals surface area contributed by atoms with E-state index < -0.39 is 11.8 Å². The molecular weight excluding hydrogens is 444 g/mol. The normalized spacial score (nSPS) is 13.0. The summed E-state index contributed by atoms with van der Waals surface area (Å²) < 4.78 is 0.894. The van der Waals surface area contributed by atoms with Crippen LogP contribution >= 0.6 is 22.9 Å². The minimum absolute atomic E-state index is 0.210. The van der Waals surface area contributed by atoms with E-state index in [1.807, 2.05) is 43.3 Å². The van der Waals surface area contributed by atoms with Gasteiger partial charge in [-0.25, -0.2) is 0 Å². The highest BCUT2D eigenvalue weighted by Crippen LogP contribution is 2.37. The molecule has 32 heavy (non-hydrogen) atoms. The first kappa shape index (κ1) is 20.4. The molecule has 0 atom stereocenters. The molecule has 0 N–H and O–H groups in total. The average Bonchev–Trinajstić information content (AvgIpc) is 3.27. The molecule has 4 aromatic rings. The van der Waals surface area contributed by atoms with Crippen LogP contribution < -0.4 is 4.90 Å². The third kappa shape index (κ3) is 3.28. The summed E-state index contributed by atoms with van der Waals surface area (Å²) in [5.41, 5.74) is 2.29. The van der Waals surface area contributed by atoms with Gasteiger partial charge in [-0.1, -0.05) is 59.6 Å². The molecule has 3 amide bonds. The Kier molecular flexibility index (Phi) is 5.04. The zero-order valence-corrected chi connectivity index (χ0v) is 18.6. The van der Waals surface area contributed by atoms with E-state index in [4.69, 9.17) is 11.6 Å². The Morgan fingerprint density at radius 1 is 0.906 bits per heavy atom. The van der Waals surface area contributed by atoms with Gasteiger partial charge in [-0.15, -0.1) is 11.3 Å². The molecule has 3 aromatic carbocycles. The number of hydrogen-bond acceptors (Lipinski definition) is 4. The molecule has 5 nitrogen and oxygen atoms in total. The second kappa shape index (κ2) is 7.89. The van der Waals surface area contributed by atoms with E-state index in [2.05, 4.69) is 0 Å². The molecule has 5 rings (SSSR count). The third-order valence-electron chi connectivity index (χ3n) is 5.48. The monoisotopic (exact) mass is 460 g/mol. The SMILES string of the molecule is Cc1ccc(N(CN2C(=O)c3ccccc3C2=O)C(=O)c2sc3ccccc3c2Cl)cc1. The number of carbonyl (C=O) groups is 3. The maximum atomic E-state index is 13.7. The molecule has 2 heterocycles. The van der Waals surface area contributed by atoms with Crippen molar-refractivity contribution in [2.45, 2.75) is 6.92 Å². The molecule has 0 unspecified atom stereocenters. The summed E-state index contributed by atoms with van der Waals surface area (Å²) in [5.74, 6) is -1.20. The van der Waals surface area contributed by atoms with Crippen LogP contribution in [0.3, 0.4) is 0 Å². The summed E-state index contributed by atoms with van der Waals surface area (Å²) in [4.78, 5) is 42.5. The van der Waals surface area contributed by atoms with Gasteiger partial charge in [0.15, 0.2) is 0 Å². The number of aryl methyl sites for hydroxylation is 1. The first-order valence-electron chi connectivity index (χ1n) is 9.96. The molecule has 0 aliphatic carbocycles. The molecule has 158 valence electrons. The van der Waals surface area contributed by atoms with E-state index >= 15 is 0 Å². The predicted molar refractivity (Wildman–Crippen MR) is 127 cm³/mol. The van der Waals surface area contributed by atoms with Crippen LogP contribution in [0.2, 0.25) is 5.02 Å². The Morgan fingerprint density at radius 3 is 2.12 bits per heavy atom. The molecule has 0 spiro atoms. The van der Waals surface area contributed by atoms with Crippen LogP contribution in [0.25, 0.3) is 10.1 Å². The fraction of sp³-hybridized carbons (Fsp3) is 0.0800. The van der Waals surface area contributed by atoms with Crippen molar-refractivity contribution in [3.63, 3.8) is 0 Å². The fourth-order valence-electron chi connectivity index (χ4n) is 3.77. The molecule has 0 bridgehead atoms. The van der Waals surface area contributed by atoms with Gasteiger partial charge in [0.2, 0.25) is 0 Å². The number of fused-ring (bicyclic) bond motifs is 2. The number of anilines is 1. The van der Waals surface area contributed by atoms with Gasteiger partial charge in [0, 0.05) is 15.8 Å². The number of amides is 3. The van der Waals surface area contributed by atoms with Gasteiger partial charge >= 0.3 is 0 Å². The van der Waals surface area contributed by atoms with Crippen molar-refractivity contribution in [1.29, 1.82) is 0 Å². The van der Waals surface area contributed by atoms with Crippen molar-refractivity contribution < 1.29 is 14.4 Å². The van der Waals surface area contributed by atoms with Crippen LogP contribution in [0.15, 0.2) is 72.8 Å². The molecule has 1 aliphatic rings. The molecule has 0 saturated heterocycles. The zero-order valence-electron chi connectivity index (χ0n) is 17.0.